The van der Waals surface area contributed by atoms with Crippen molar-refractivity contribution in [2.75, 3.05) is 0 Å². The summed E-state index contributed by atoms with van der Waals surface area (Å²) in [5, 5.41) is 4.94. The zero-order chi connectivity index (χ0) is 17.9. The Hall–Kier alpha value is -2.67. The topological polar surface area (TPSA) is 42.0 Å². The van der Waals surface area contributed by atoms with Crippen LogP contribution in [0.2, 0.25) is 0 Å². The van der Waals surface area contributed by atoms with Crippen molar-refractivity contribution >= 4 is 17.2 Å². The number of hydrogen-bond acceptors (Lipinski definition) is 3. The van der Waals surface area contributed by atoms with E-state index in [2.05, 4.69) is 10.3 Å². The average molecular weight is 362 g/mol. The summed E-state index contributed by atoms with van der Waals surface area (Å²) in [6, 6.07) is 14.3. The Morgan fingerprint density at radius 1 is 1.08 bits per heavy atom. The molecule has 0 radical (unpaired) electrons. The molecule has 0 saturated heterocycles. The van der Waals surface area contributed by atoms with E-state index in [0.29, 0.717) is 10.6 Å². The van der Waals surface area contributed by atoms with Gasteiger partial charge in [-0.25, -0.2) is 4.98 Å². The van der Waals surface area contributed by atoms with Gasteiger partial charge in [-0.05, 0) is 17.7 Å². The van der Waals surface area contributed by atoms with Crippen molar-refractivity contribution in [2.24, 2.45) is 0 Å². The number of aromatic nitrogens is 1. The summed E-state index contributed by atoms with van der Waals surface area (Å²) < 4.78 is 38.1. The van der Waals surface area contributed by atoms with Gasteiger partial charge in [0.2, 0.25) is 0 Å². The lowest BCUT2D eigenvalue weighted by Gasteiger charge is -2.09. The van der Waals surface area contributed by atoms with E-state index in [4.69, 9.17) is 0 Å². The molecule has 0 bridgehead atoms. The van der Waals surface area contributed by atoms with Crippen LogP contribution in [0.15, 0.2) is 60.0 Å². The molecule has 3 aromatic rings. The number of hydrogen-bond donors (Lipinski definition) is 1. The van der Waals surface area contributed by atoms with Gasteiger partial charge in [-0.1, -0.05) is 42.5 Å². The van der Waals surface area contributed by atoms with E-state index in [0.717, 1.165) is 17.7 Å². The van der Waals surface area contributed by atoms with Crippen molar-refractivity contribution in [1.82, 2.24) is 10.3 Å². The van der Waals surface area contributed by atoms with Crippen molar-refractivity contribution in [3.63, 3.8) is 0 Å². The minimum Gasteiger partial charge on any atom is -0.347 e. The van der Waals surface area contributed by atoms with Crippen LogP contribution in [0.3, 0.4) is 0 Å². The third-order valence-corrected chi connectivity index (χ3v) is 4.36. The molecule has 3 rings (SSSR count). The molecule has 128 valence electrons. The highest BCUT2D eigenvalue weighted by molar-refractivity contribution is 7.13. The highest BCUT2D eigenvalue weighted by Gasteiger charge is 2.30. The highest BCUT2D eigenvalue weighted by atomic mass is 32.1. The average Bonchev–Trinajstić information content (AvgIpc) is 3.10. The molecular formula is C18H13F3N2OS. The fraction of sp³-hybridized carbons (Fsp3) is 0.111. The minimum atomic E-state index is -4.40. The minimum absolute atomic E-state index is 0.000943. The Labute approximate surface area is 146 Å². The first-order valence-corrected chi connectivity index (χ1v) is 8.27. The summed E-state index contributed by atoms with van der Waals surface area (Å²) in [5.74, 6) is -0.421. The second kappa shape index (κ2) is 7.06. The maximum absolute atomic E-state index is 12.7. The molecular weight excluding hydrogens is 349 g/mol. The van der Waals surface area contributed by atoms with Gasteiger partial charge in [0.05, 0.1) is 5.56 Å². The molecule has 7 heteroatoms. The van der Waals surface area contributed by atoms with E-state index in [1.165, 1.54) is 23.5 Å². The first kappa shape index (κ1) is 17.2. The van der Waals surface area contributed by atoms with Crippen LogP contribution >= 0.6 is 11.3 Å². The van der Waals surface area contributed by atoms with E-state index >= 15 is 0 Å². The summed E-state index contributed by atoms with van der Waals surface area (Å²) >= 11 is 1.34. The maximum Gasteiger partial charge on any atom is 0.416 e. The van der Waals surface area contributed by atoms with Gasteiger partial charge < -0.3 is 5.32 Å². The molecule has 0 fully saturated rings. The van der Waals surface area contributed by atoms with Gasteiger partial charge >= 0.3 is 6.18 Å². The number of amides is 1. The second-order valence-electron chi connectivity index (χ2n) is 5.28. The SMILES string of the molecule is O=C(NCc1cccc(C(F)(F)F)c1)c1csc(-c2ccccc2)n1. The first-order valence-electron chi connectivity index (χ1n) is 7.39. The number of halogens is 3. The molecule has 25 heavy (non-hydrogen) atoms. The van der Waals surface area contributed by atoms with Crippen LogP contribution in [0.4, 0.5) is 13.2 Å². The molecule has 1 amide bonds. The van der Waals surface area contributed by atoms with Crippen LogP contribution < -0.4 is 5.32 Å². The van der Waals surface area contributed by atoms with E-state index in [-0.39, 0.29) is 12.2 Å². The quantitative estimate of drug-likeness (QED) is 0.727. The molecule has 0 unspecified atom stereocenters. The smallest absolute Gasteiger partial charge is 0.347 e. The van der Waals surface area contributed by atoms with Crippen molar-refractivity contribution in [3.8, 4) is 10.6 Å². The van der Waals surface area contributed by atoms with Crippen molar-refractivity contribution < 1.29 is 18.0 Å². The number of thiazole rings is 1. The first-order chi connectivity index (χ1) is 11.9. The summed E-state index contributed by atoms with van der Waals surface area (Å²) in [7, 11) is 0. The molecule has 0 aliphatic rings. The van der Waals surface area contributed by atoms with Crippen LogP contribution in [0.25, 0.3) is 10.6 Å². The maximum atomic E-state index is 12.7. The molecule has 0 atom stereocenters. The zero-order valence-corrected chi connectivity index (χ0v) is 13.7. The molecule has 1 N–H and O–H groups in total. The Bertz CT molecular complexity index is 875. The van der Waals surface area contributed by atoms with Crippen LogP contribution in [0.5, 0.6) is 0 Å². The predicted octanol–water partition coefficient (Wildman–Crippen LogP) is 4.76. The van der Waals surface area contributed by atoms with Gasteiger partial charge in [0.1, 0.15) is 10.7 Å². The number of alkyl halides is 3. The summed E-state index contributed by atoms with van der Waals surface area (Å²) in [6.07, 6.45) is -4.40. The fourth-order valence-electron chi connectivity index (χ4n) is 2.22. The molecule has 0 saturated carbocycles. The van der Waals surface area contributed by atoms with Crippen LogP contribution in [0, 0.1) is 0 Å². The Balaban J connectivity index is 1.67. The Morgan fingerprint density at radius 3 is 2.56 bits per heavy atom. The lowest BCUT2D eigenvalue weighted by Crippen LogP contribution is -2.23. The van der Waals surface area contributed by atoms with Gasteiger partial charge in [-0.2, -0.15) is 13.2 Å². The largest absolute Gasteiger partial charge is 0.416 e. The summed E-state index contributed by atoms with van der Waals surface area (Å²) in [5.41, 5.74) is 0.793. The molecule has 0 spiro atoms. The Kier molecular flexibility index (Phi) is 4.85. The predicted molar refractivity (Wildman–Crippen MR) is 90.2 cm³/mol. The third-order valence-electron chi connectivity index (χ3n) is 3.46. The molecule has 2 aromatic carbocycles. The van der Waals surface area contributed by atoms with Gasteiger partial charge in [0.25, 0.3) is 5.91 Å². The number of carbonyl (C=O) groups excluding carboxylic acids is 1. The van der Waals surface area contributed by atoms with Crippen molar-refractivity contribution in [3.05, 3.63) is 76.8 Å². The van der Waals surface area contributed by atoms with E-state index in [1.807, 2.05) is 30.3 Å². The normalized spacial score (nSPS) is 11.3. The van der Waals surface area contributed by atoms with Crippen molar-refractivity contribution in [2.45, 2.75) is 12.7 Å². The standard InChI is InChI=1S/C18H13F3N2OS/c19-18(20,21)14-8-4-5-12(9-14)10-22-16(24)15-11-25-17(23-15)13-6-2-1-3-7-13/h1-9,11H,10H2,(H,22,24). The van der Waals surface area contributed by atoms with Gasteiger partial charge in [0.15, 0.2) is 0 Å². The highest BCUT2D eigenvalue weighted by Crippen LogP contribution is 2.29. The number of carbonyl (C=O) groups is 1. The second-order valence-corrected chi connectivity index (χ2v) is 6.14. The lowest BCUT2D eigenvalue weighted by molar-refractivity contribution is -0.137. The molecule has 1 aromatic heterocycles. The van der Waals surface area contributed by atoms with Gasteiger partial charge in [-0.3, -0.25) is 4.79 Å². The molecule has 1 heterocycles. The number of rotatable bonds is 4. The lowest BCUT2D eigenvalue weighted by atomic mass is 10.1. The van der Waals surface area contributed by atoms with Crippen LogP contribution in [-0.4, -0.2) is 10.9 Å². The third kappa shape index (κ3) is 4.24. The van der Waals surface area contributed by atoms with Gasteiger partial charge in [0, 0.05) is 17.5 Å². The van der Waals surface area contributed by atoms with E-state index < -0.39 is 17.6 Å². The fourth-order valence-corrected chi connectivity index (χ4v) is 3.03. The summed E-state index contributed by atoms with van der Waals surface area (Å²) in [4.78, 5) is 16.4. The van der Waals surface area contributed by atoms with Crippen LogP contribution in [0.1, 0.15) is 21.6 Å². The monoisotopic (exact) mass is 362 g/mol. The van der Waals surface area contributed by atoms with Gasteiger partial charge in [-0.15, -0.1) is 11.3 Å². The molecule has 0 aliphatic heterocycles. The number of nitrogens with zero attached hydrogens (tertiary/aromatic N) is 1. The zero-order valence-electron chi connectivity index (χ0n) is 12.9. The number of nitrogens with one attached hydrogen (secondary N) is 1. The van der Waals surface area contributed by atoms with Crippen molar-refractivity contribution in [1.29, 1.82) is 0 Å². The molecule has 0 aliphatic carbocycles. The summed E-state index contributed by atoms with van der Waals surface area (Å²) in [6.45, 7) is 0.000943. The van der Waals surface area contributed by atoms with E-state index in [1.54, 1.807) is 5.38 Å². The molecule has 3 nitrogen and oxygen atoms in total. The van der Waals surface area contributed by atoms with E-state index in [9.17, 15) is 18.0 Å². The van der Waals surface area contributed by atoms with Crippen LogP contribution in [-0.2, 0) is 12.7 Å². The number of benzene rings is 2. The Morgan fingerprint density at radius 2 is 1.84 bits per heavy atom.